The van der Waals surface area contributed by atoms with Gasteiger partial charge in [0.2, 0.25) is 0 Å². The zero-order valence-corrected chi connectivity index (χ0v) is 12.3. The van der Waals surface area contributed by atoms with Gasteiger partial charge >= 0.3 is 0 Å². The summed E-state index contributed by atoms with van der Waals surface area (Å²) in [6.07, 6.45) is 5.40. The number of hydrogen-bond acceptors (Lipinski definition) is 4. The van der Waals surface area contributed by atoms with Gasteiger partial charge in [0, 0.05) is 24.2 Å². The molecule has 5 nitrogen and oxygen atoms in total. The second-order valence-corrected chi connectivity index (χ2v) is 6.20. The van der Waals surface area contributed by atoms with Crippen LogP contribution < -0.4 is 5.32 Å². The summed E-state index contributed by atoms with van der Waals surface area (Å²) in [5.41, 5.74) is 0.998. The molecule has 2 aromatic rings. The van der Waals surface area contributed by atoms with E-state index in [1.54, 1.807) is 6.07 Å². The Hall–Kier alpha value is -1.59. The van der Waals surface area contributed by atoms with Gasteiger partial charge in [-0.05, 0) is 37.9 Å². The van der Waals surface area contributed by atoms with E-state index >= 15 is 0 Å². The molecule has 1 N–H and O–H groups in total. The van der Waals surface area contributed by atoms with Gasteiger partial charge in [-0.15, -0.1) is 0 Å². The zero-order chi connectivity index (χ0) is 14.4. The van der Waals surface area contributed by atoms with Crippen molar-refractivity contribution >= 4 is 28.5 Å². The van der Waals surface area contributed by atoms with Gasteiger partial charge in [0.25, 0.3) is 5.91 Å². The van der Waals surface area contributed by atoms with E-state index in [9.17, 15) is 4.79 Å². The Morgan fingerprint density at radius 2 is 2.24 bits per heavy atom. The van der Waals surface area contributed by atoms with E-state index in [2.05, 4.69) is 15.2 Å². The van der Waals surface area contributed by atoms with Crippen LogP contribution >= 0.6 is 11.6 Å². The van der Waals surface area contributed by atoms with Crippen LogP contribution in [0.4, 0.5) is 0 Å². The molecule has 3 fully saturated rings. The number of fused-ring (bicyclic) bond motifs is 4. The molecule has 5 heterocycles. The van der Waals surface area contributed by atoms with E-state index in [4.69, 9.17) is 16.0 Å². The van der Waals surface area contributed by atoms with Crippen molar-refractivity contribution in [1.82, 2.24) is 15.2 Å². The van der Waals surface area contributed by atoms with Gasteiger partial charge in [-0.1, -0.05) is 11.6 Å². The van der Waals surface area contributed by atoms with Gasteiger partial charge in [-0.2, -0.15) is 0 Å². The number of amides is 1. The third-order valence-electron chi connectivity index (χ3n) is 4.67. The van der Waals surface area contributed by atoms with E-state index in [-0.39, 0.29) is 17.1 Å². The molecule has 0 radical (unpaired) electrons. The lowest BCUT2D eigenvalue weighted by atomic mass is 9.84. The number of halogens is 1. The minimum atomic E-state index is -0.0932. The first kappa shape index (κ1) is 13.1. The van der Waals surface area contributed by atoms with E-state index < -0.39 is 0 Å². The number of hydrogen-bond donors (Lipinski definition) is 1. The molecule has 0 aliphatic carbocycles. The third kappa shape index (κ3) is 2.21. The van der Waals surface area contributed by atoms with Gasteiger partial charge in [-0.25, -0.2) is 4.98 Å². The fourth-order valence-corrected chi connectivity index (χ4v) is 3.68. The lowest BCUT2D eigenvalue weighted by Gasteiger charge is -2.44. The van der Waals surface area contributed by atoms with Gasteiger partial charge in [0.05, 0.1) is 11.8 Å². The van der Waals surface area contributed by atoms with Crippen LogP contribution in [0.2, 0.25) is 5.15 Å². The Balaban J connectivity index is 1.59. The van der Waals surface area contributed by atoms with Crippen LogP contribution in [0.25, 0.3) is 11.0 Å². The van der Waals surface area contributed by atoms with Crippen molar-refractivity contribution in [3.8, 4) is 0 Å². The minimum absolute atomic E-state index is 0.0932. The number of rotatable bonds is 2. The summed E-state index contributed by atoms with van der Waals surface area (Å²) in [5, 5.41) is 4.17. The lowest BCUT2D eigenvalue weighted by molar-refractivity contribution is 0.0621. The smallest absolute Gasteiger partial charge is 0.253 e. The molecule has 6 heteroatoms. The maximum absolute atomic E-state index is 12.6. The Bertz CT molecular complexity index is 691. The first-order valence-corrected chi connectivity index (χ1v) is 7.65. The fourth-order valence-electron chi connectivity index (χ4n) is 3.49. The molecule has 0 aromatic carbocycles. The van der Waals surface area contributed by atoms with Crippen molar-refractivity contribution in [2.24, 2.45) is 5.92 Å². The Morgan fingerprint density at radius 1 is 1.43 bits per heavy atom. The van der Waals surface area contributed by atoms with E-state index in [0.29, 0.717) is 22.5 Å². The lowest BCUT2D eigenvalue weighted by Crippen LogP contribution is -2.57. The van der Waals surface area contributed by atoms with Crippen LogP contribution in [0.1, 0.15) is 23.2 Å². The number of furan rings is 1. The fraction of sp³-hybridized carbons (Fsp3) is 0.467. The molecule has 1 amide bonds. The van der Waals surface area contributed by atoms with Crippen LogP contribution in [0.15, 0.2) is 22.9 Å². The highest BCUT2D eigenvalue weighted by Crippen LogP contribution is 2.29. The van der Waals surface area contributed by atoms with Crippen LogP contribution in [0.5, 0.6) is 0 Å². The number of nitrogens with one attached hydrogen (secondary N) is 1. The zero-order valence-electron chi connectivity index (χ0n) is 11.5. The van der Waals surface area contributed by atoms with Gasteiger partial charge in [0.1, 0.15) is 0 Å². The predicted molar refractivity (Wildman–Crippen MR) is 79.4 cm³/mol. The largest absolute Gasteiger partial charge is 0.461 e. The molecule has 2 aromatic heterocycles. The summed E-state index contributed by atoms with van der Waals surface area (Å²) in [6, 6.07) is 1.99. The molecule has 0 spiro atoms. The van der Waals surface area contributed by atoms with Crippen molar-refractivity contribution < 1.29 is 9.21 Å². The van der Waals surface area contributed by atoms with E-state index in [0.717, 1.165) is 19.6 Å². The number of pyridine rings is 1. The molecule has 110 valence electrons. The highest BCUT2D eigenvalue weighted by molar-refractivity contribution is 6.34. The van der Waals surface area contributed by atoms with Crippen LogP contribution in [-0.2, 0) is 0 Å². The van der Waals surface area contributed by atoms with Crippen molar-refractivity contribution in [2.75, 3.05) is 19.6 Å². The molecule has 1 atom stereocenters. The number of carbonyl (C=O) groups is 1. The molecule has 3 aliphatic rings. The third-order valence-corrected chi connectivity index (χ3v) is 4.94. The summed E-state index contributed by atoms with van der Waals surface area (Å²) >= 11 is 5.98. The summed E-state index contributed by atoms with van der Waals surface area (Å²) in [6.45, 7) is 3.27. The number of nitrogens with zero attached hydrogens (tertiary/aromatic N) is 2. The molecular formula is C15H16ClN3O2. The van der Waals surface area contributed by atoms with Crippen LogP contribution in [0, 0.1) is 5.92 Å². The minimum Gasteiger partial charge on any atom is -0.461 e. The highest BCUT2D eigenvalue weighted by atomic mass is 35.5. The normalized spacial score (nSPS) is 28.0. The van der Waals surface area contributed by atoms with Crippen molar-refractivity contribution in [3.63, 3.8) is 0 Å². The Kier molecular flexibility index (Phi) is 3.12. The van der Waals surface area contributed by atoms with Gasteiger partial charge in [-0.3, -0.25) is 4.79 Å². The topological polar surface area (TPSA) is 58.4 Å². The monoisotopic (exact) mass is 305 g/mol. The molecule has 0 saturated carbocycles. The number of carbonyl (C=O) groups excluding carboxylic acids is 1. The summed E-state index contributed by atoms with van der Waals surface area (Å²) in [4.78, 5) is 19.0. The summed E-state index contributed by atoms with van der Waals surface area (Å²) in [7, 11) is 0. The first-order valence-electron chi connectivity index (χ1n) is 7.27. The second kappa shape index (κ2) is 5.00. The Labute approximate surface area is 127 Å². The summed E-state index contributed by atoms with van der Waals surface area (Å²) < 4.78 is 5.30. The van der Waals surface area contributed by atoms with Crippen molar-refractivity contribution in [1.29, 1.82) is 0 Å². The average Bonchev–Trinajstić information content (AvgIpc) is 2.99. The van der Waals surface area contributed by atoms with Gasteiger partial charge < -0.3 is 14.6 Å². The molecule has 0 unspecified atom stereocenters. The average molecular weight is 306 g/mol. The van der Waals surface area contributed by atoms with Gasteiger partial charge in [0.15, 0.2) is 10.7 Å². The quantitative estimate of drug-likeness (QED) is 0.865. The summed E-state index contributed by atoms with van der Waals surface area (Å²) in [5.74, 6) is 0.503. The van der Waals surface area contributed by atoms with E-state index in [1.165, 1.54) is 25.3 Å². The highest BCUT2D eigenvalue weighted by Gasteiger charge is 2.35. The van der Waals surface area contributed by atoms with Crippen LogP contribution in [0.3, 0.4) is 0 Å². The van der Waals surface area contributed by atoms with Crippen LogP contribution in [-0.4, -0.2) is 41.5 Å². The SMILES string of the molecule is O=C(N[C@@H]1CN2CCC1CC2)c1cnc(Cl)c2occc12. The molecule has 3 aliphatic heterocycles. The second-order valence-electron chi connectivity index (χ2n) is 5.84. The van der Waals surface area contributed by atoms with Crippen molar-refractivity contribution in [3.05, 3.63) is 29.2 Å². The van der Waals surface area contributed by atoms with Crippen molar-refractivity contribution in [2.45, 2.75) is 18.9 Å². The molecule has 5 rings (SSSR count). The van der Waals surface area contributed by atoms with E-state index in [1.807, 2.05) is 0 Å². The molecule has 2 bridgehead atoms. The number of aromatic nitrogens is 1. The maximum Gasteiger partial charge on any atom is 0.253 e. The number of piperidine rings is 3. The predicted octanol–water partition coefficient (Wildman–Crippen LogP) is 2.31. The Morgan fingerprint density at radius 3 is 2.95 bits per heavy atom. The molecule has 21 heavy (non-hydrogen) atoms. The maximum atomic E-state index is 12.6. The standard InChI is InChI=1S/C15H16ClN3O2/c16-14-13-10(3-6-21-13)11(7-17-14)15(20)18-12-8-19-4-1-9(12)2-5-19/h3,6-7,9,12H,1-2,4-5,8H2,(H,18,20)/t12-/m1/s1. The molecular weight excluding hydrogens is 290 g/mol. The molecule has 3 saturated heterocycles. The first-order chi connectivity index (χ1) is 10.2.